The molecule has 1 atom stereocenters. The molecule has 2 aromatic rings. The van der Waals surface area contributed by atoms with Gasteiger partial charge in [-0.15, -0.1) is 0 Å². The van der Waals surface area contributed by atoms with E-state index in [9.17, 15) is 0 Å². The second-order valence-corrected chi connectivity index (χ2v) is 4.00. The predicted octanol–water partition coefficient (Wildman–Crippen LogP) is 0.685. The van der Waals surface area contributed by atoms with Crippen LogP contribution >= 0.6 is 0 Å². The highest BCUT2D eigenvalue weighted by Gasteiger charge is 2.21. The summed E-state index contributed by atoms with van der Waals surface area (Å²) in [7, 11) is 3.51. The van der Waals surface area contributed by atoms with E-state index >= 15 is 0 Å². The lowest BCUT2D eigenvalue weighted by Gasteiger charge is -2.17. The molecule has 2 heterocycles. The Morgan fingerprint density at radius 1 is 1.50 bits per heavy atom. The monoisotopic (exact) mass is 247 g/mol. The number of pyridine rings is 1. The summed E-state index contributed by atoms with van der Waals surface area (Å²) in [5.74, 6) is 6.35. The molecule has 0 aliphatic carbocycles. The largest absolute Gasteiger partial charge is 0.495 e. The van der Waals surface area contributed by atoms with E-state index in [4.69, 9.17) is 10.6 Å². The minimum absolute atomic E-state index is 0.241. The summed E-state index contributed by atoms with van der Waals surface area (Å²) in [5.41, 5.74) is 5.53. The van der Waals surface area contributed by atoms with Crippen molar-refractivity contribution in [1.29, 1.82) is 0 Å². The number of nitrogens with zero attached hydrogens (tertiary/aromatic N) is 3. The van der Waals surface area contributed by atoms with E-state index in [0.29, 0.717) is 5.75 Å². The molecule has 0 fully saturated rings. The number of nitrogens with two attached hydrogens (primary N) is 1. The smallest absolute Gasteiger partial charge is 0.142 e. The zero-order chi connectivity index (χ0) is 13.1. The molecule has 0 aromatic carbocycles. The van der Waals surface area contributed by atoms with Gasteiger partial charge in [-0.1, -0.05) is 0 Å². The standard InChI is InChI=1S/C12H17N5O/c1-8-9(7-15-17(8)2)11(16-13)12-10(18-3)5-4-6-14-12/h4-7,11,16H,13H2,1-3H3. The van der Waals surface area contributed by atoms with E-state index in [2.05, 4.69) is 15.5 Å². The van der Waals surface area contributed by atoms with Crippen LogP contribution in [0.4, 0.5) is 0 Å². The van der Waals surface area contributed by atoms with Gasteiger partial charge in [0.05, 0.1) is 19.3 Å². The Bertz CT molecular complexity index is 537. The quantitative estimate of drug-likeness (QED) is 0.614. The fourth-order valence-corrected chi connectivity index (χ4v) is 1.91. The van der Waals surface area contributed by atoms with Crippen LogP contribution in [-0.4, -0.2) is 21.9 Å². The molecule has 0 amide bonds. The fraction of sp³-hybridized carbons (Fsp3) is 0.333. The molecule has 0 saturated heterocycles. The summed E-state index contributed by atoms with van der Waals surface area (Å²) in [6, 6.07) is 3.44. The Kier molecular flexibility index (Phi) is 3.59. The number of rotatable bonds is 4. The summed E-state index contributed by atoms with van der Waals surface area (Å²) in [4.78, 5) is 4.34. The van der Waals surface area contributed by atoms with Gasteiger partial charge in [-0.2, -0.15) is 5.10 Å². The number of hydrogen-bond donors (Lipinski definition) is 2. The number of hydrazine groups is 1. The second kappa shape index (κ2) is 5.16. The van der Waals surface area contributed by atoms with Crippen LogP contribution in [0.2, 0.25) is 0 Å². The first kappa shape index (κ1) is 12.5. The lowest BCUT2D eigenvalue weighted by molar-refractivity contribution is 0.400. The molecule has 3 N–H and O–H groups in total. The number of nitrogens with one attached hydrogen (secondary N) is 1. The van der Waals surface area contributed by atoms with Gasteiger partial charge in [-0.05, 0) is 19.1 Å². The van der Waals surface area contributed by atoms with Gasteiger partial charge in [0, 0.05) is 24.5 Å². The van der Waals surface area contributed by atoms with Crippen LogP contribution in [-0.2, 0) is 7.05 Å². The van der Waals surface area contributed by atoms with Crippen molar-refractivity contribution >= 4 is 0 Å². The van der Waals surface area contributed by atoms with E-state index in [1.54, 1.807) is 24.2 Å². The third-order valence-corrected chi connectivity index (χ3v) is 3.04. The number of aromatic nitrogens is 3. The molecule has 6 nitrogen and oxygen atoms in total. The van der Waals surface area contributed by atoms with E-state index in [1.807, 2.05) is 26.1 Å². The molecule has 0 aliphatic rings. The first-order chi connectivity index (χ1) is 8.69. The SMILES string of the molecule is COc1cccnc1C(NN)c1cnn(C)c1C. The van der Waals surface area contributed by atoms with Crippen molar-refractivity contribution in [3.8, 4) is 5.75 Å². The fourth-order valence-electron chi connectivity index (χ4n) is 1.91. The minimum Gasteiger partial charge on any atom is -0.495 e. The van der Waals surface area contributed by atoms with Gasteiger partial charge < -0.3 is 4.74 Å². The van der Waals surface area contributed by atoms with Crippen molar-refractivity contribution in [1.82, 2.24) is 20.2 Å². The Balaban J connectivity index is 2.48. The number of ether oxygens (including phenoxy) is 1. The van der Waals surface area contributed by atoms with Gasteiger partial charge in [0.25, 0.3) is 0 Å². The molecular formula is C12H17N5O. The molecular weight excluding hydrogens is 230 g/mol. The lowest BCUT2D eigenvalue weighted by atomic mass is 10.0. The van der Waals surface area contributed by atoms with Crippen molar-refractivity contribution < 1.29 is 4.74 Å². The van der Waals surface area contributed by atoms with Crippen LogP contribution in [0, 0.1) is 6.92 Å². The zero-order valence-electron chi connectivity index (χ0n) is 10.7. The molecule has 2 rings (SSSR count). The van der Waals surface area contributed by atoms with Crippen molar-refractivity contribution in [2.75, 3.05) is 7.11 Å². The van der Waals surface area contributed by atoms with Gasteiger partial charge in [0.1, 0.15) is 11.4 Å². The molecule has 0 bridgehead atoms. The van der Waals surface area contributed by atoms with Crippen LogP contribution in [0.1, 0.15) is 23.0 Å². The topological polar surface area (TPSA) is 78.0 Å². The van der Waals surface area contributed by atoms with Crippen molar-refractivity contribution in [2.24, 2.45) is 12.9 Å². The normalized spacial score (nSPS) is 12.4. The Morgan fingerprint density at radius 2 is 2.28 bits per heavy atom. The summed E-state index contributed by atoms with van der Waals surface area (Å²) in [6.07, 6.45) is 3.50. The molecule has 0 spiro atoms. The van der Waals surface area contributed by atoms with Crippen molar-refractivity contribution in [3.63, 3.8) is 0 Å². The predicted molar refractivity (Wildman–Crippen MR) is 67.9 cm³/mol. The number of methoxy groups -OCH3 is 1. The maximum atomic E-state index is 5.66. The summed E-state index contributed by atoms with van der Waals surface area (Å²) in [6.45, 7) is 1.99. The summed E-state index contributed by atoms with van der Waals surface area (Å²) in [5, 5.41) is 4.22. The minimum atomic E-state index is -0.241. The molecule has 2 aromatic heterocycles. The Labute approximate surface area is 106 Å². The highest BCUT2D eigenvalue weighted by Crippen LogP contribution is 2.28. The molecule has 96 valence electrons. The average molecular weight is 247 g/mol. The maximum absolute atomic E-state index is 5.66. The van der Waals surface area contributed by atoms with Crippen molar-refractivity contribution in [2.45, 2.75) is 13.0 Å². The van der Waals surface area contributed by atoms with E-state index < -0.39 is 0 Å². The van der Waals surface area contributed by atoms with Crippen LogP contribution in [0.25, 0.3) is 0 Å². The molecule has 0 saturated carbocycles. The van der Waals surface area contributed by atoms with E-state index in [0.717, 1.165) is 17.0 Å². The summed E-state index contributed by atoms with van der Waals surface area (Å²) >= 11 is 0. The van der Waals surface area contributed by atoms with Crippen molar-refractivity contribution in [3.05, 3.63) is 41.5 Å². The number of aryl methyl sites for hydroxylation is 1. The third kappa shape index (κ3) is 2.07. The van der Waals surface area contributed by atoms with E-state index in [1.165, 1.54) is 0 Å². The lowest BCUT2D eigenvalue weighted by Crippen LogP contribution is -2.30. The molecule has 1 unspecified atom stereocenters. The molecule has 0 radical (unpaired) electrons. The van der Waals surface area contributed by atoms with Crippen LogP contribution in [0.15, 0.2) is 24.5 Å². The molecule has 0 aliphatic heterocycles. The van der Waals surface area contributed by atoms with Crippen LogP contribution in [0.5, 0.6) is 5.75 Å². The zero-order valence-corrected chi connectivity index (χ0v) is 10.7. The van der Waals surface area contributed by atoms with E-state index in [-0.39, 0.29) is 6.04 Å². The Morgan fingerprint density at radius 3 is 2.83 bits per heavy atom. The first-order valence-electron chi connectivity index (χ1n) is 5.62. The van der Waals surface area contributed by atoms with Gasteiger partial charge >= 0.3 is 0 Å². The van der Waals surface area contributed by atoms with Gasteiger partial charge in [0.15, 0.2) is 0 Å². The van der Waals surface area contributed by atoms with Crippen LogP contribution < -0.4 is 16.0 Å². The average Bonchev–Trinajstić information content (AvgIpc) is 2.73. The van der Waals surface area contributed by atoms with Gasteiger partial charge in [0.2, 0.25) is 0 Å². The molecule has 6 heteroatoms. The maximum Gasteiger partial charge on any atom is 0.142 e. The van der Waals surface area contributed by atoms with Gasteiger partial charge in [-0.25, -0.2) is 5.43 Å². The highest BCUT2D eigenvalue weighted by molar-refractivity contribution is 5.37. The highest BCUT2D eigenvalue weighted by atomic mass is 16.5. The number of hydrogen-bond acceptors (Lipinski definition) is 5. The molecule has 18 heavy (non-hydrogen) atoms. The first-order valence-corrected chi connectivity index (χ1v) is 5.62. The van der Waals surface area contributed by atoms with Crippen LogP contribution in [0.3, 0.4) is 0 Å². The second-order valence-electron chi connectivity index (χ2n) is 4.00. The third-order valence-electron chi connectivity index (χ3n) is 3.04. The summed E-state index contributed by atoms with van der Waals surface area (Å²) < 4.78 is 7.11. The van der Waals surface area contributed by atoms with Gasteiger partial charge in [-0.3, -0.25) is 15.5 Å². The Hall–Kier alpha value is -1.92.